The Kier molecular flexibility index (Phi) is 3.22. The lowest BCUT2D eigenvalue weighted by atomic mass is 9.88. The highest BCUT2D eigenvalue weighted by Gasteiger charge is 2.34. The quantitative estimate of drug-likeness (QED) is 0.730. The Morgan fingerprint density at radius 2 is 1.94 bits per heavy atom. The van der Waals surface area contributed by atoms with Crippen molar-refractivity contribution >= 4 is 8.07 Å². The fourth-order valence-electron chi connectivity index (χ4n) is 2.30. The molecule has 1 aliphatic heterocycles. The maximum Gasteiger partial charge on any atom is 0.194 e. The molecule has 2 nitrogen and oxygen atoms in total. The summed E-state index contributed by atoms with van der Waals surface area (Å²) in [5.74, 6) is 0.984. The molecule has 1 heterocycles. The average molecular weight is 263 g/mol. The highest BCUT2D eigenvalue weighted by atomic mass is 28.3. The van der Waals surface area contributed by atoms with Gasteiger partial charge < -0.3 is 10.1 Å². The van der Waals surface area contributed by atoms with Gasteiger partial charge in [-0.2, -0.15) is 0 Å². The largest absolute Gasteiger partial charge is 0.477 e. The van der Waals surface area contributed by atoms with Crippen molar-refractivity contribution in [3.63, 3.8) is 0 Å². The van der Waals surface area contributed by atoms with E-state index in [1.54, 1.807) is 0 Å². The summed E-state index contributed by atoms with van der Waals surface area (Å²) in [5, 5.41) is 5.05. The fourth-order valence-corrected chi connectivity index (χ4v) is 3.90. The van der Waals surface area contributed by atoms with Gasteiger partial charge in [0.25, 0.3) is 0 Å². The first kappa shape index (κ1) is 13.5. The van der Waals surface area contributed by atoms with Gasteiger partial charge in [0.2, 0.25) is 0 Å². The van der Waals surface area contributed by atoms with Crippen LogP contribution in [-0.4, -0.2) is 20.7 Å². The molecule has 1 aliphatic carbocycles. The van der Waals surface area contributed by atoms with Crippen molar-refractivity contribution < 1.29 is 4.74 Å². The standard InChI is InChI=1S/C15H25NOSi/c1-15(2,3)13-10-17-14(16-13)11-8-7-9-12(11)18(4,5)6/h7-9,13,16H,10H2,1-6H3/t13-/m1/s1. The summed E-state index contributed by atoms with van der Waals surface area (Å²) < 4.78 is 5.90. The van der Waals surface area contributed by atoms with Crippen molar-refractivity contribution in [1.29, 1.82) is 0 Å². The minimum atomic E-state index is -1.30. The van der Waals surface area contributed by atoms with Crippen LogP contribution in [-0.2, 0) is 4.74 Å². The molecule has 0 radical (unpaired) electrons. The summed E-state index contributed by atoms with van der Waals surface area (Å²) in [6.07, 6.45) is 6.58. The summed E-state index contributed by atoms with van der Waals surface area (Å²) in [6, 6.07) is 0.400. The van der Waals surface area contributed by atoms with Crippen LogP contribution < -0.4 is 5.32 Å². The smallest absolute Gasteiger partial charge is 0.194 e. The van der Waals surface area contributed by atoms with Crippen molar-refractivity contribution in [3.8, 4) is 0 Å². The van der Waals surface area contributed by atoms with Gasteiger partial charge in [0, 0.05) is 5.57 Å². The van der Waals surface area contributed by atoms with E-state index < -0.39 is 8.07 Å². The second-order valence-corrected chi connectivity index (χ2v) is 12.3. The van der Waals surface area contributed by atoms with Gasteiger partial charge >= 0.3 is 0 Å². The van der Waals surface area contributed by atoms with Gasteiger partial charge in [0.15, 0.2) is 5.88 Å². The first-order valence-corrected chi connectivity index (χ1v) is 10.2. The van der Waals surface area contributed by atoms with Gasteiger partial charge in [0.1, 0.15) is 6.61 Å². The van der Waals surface area contributed by atoms with E-state index in [-0.39, 0.29) is 5.41 Å². The molecule has 2 rings (SSSR count). The summed E-state index contributed by atoms with van der Waals surface area (Å²) in [7, 11) is -1.30. The fraction of sp³-hybridized carbons (Fsp3) is 0.600. The molecular weight excluding hydrogens is 238 g/mol. The molecule has 0 aromatic carbocycles. The maximum absolute atomic E-state index is 5.90. The van der Waals surface area contributed by atoms with Gasteiger partial charge in [-0.15, -0.1) is 0 Å². The molecule has 0 unspecified atom stereocenters. The zero-order valence-electron chi connectivity index (χ0n) is 12.4. The van der Waals surface area contributed by atoms with Crippen LogP contribution in [0.2, 0.25) is 19.6 Å². The number of ether oxygens (including phenoxy) is 1. The Bertz CT molecular complexity index is 432. The maximum atomic E-state index is 5.90. The van der Waals surface area contributed by atoms with Gasteiger partial charge in [-0.1, -0.05) is 52.6 Å². The summed E-state index contributed by atoms with van der Waals surface area (Å²) in [4.78, 5) is 0. The van der Waals surface area contributed by atoms with Crippen molar-refractivity contribution in [2.45, 2.75) is 46.5 Å². The van der Waals surface area contributed by atoms with Crippen LogP contribution >= 0.6 is 0 Å². The topological polar surface area (TPSA) is 21.3 Å². The van der Waals surface area contributed by atoms with E-state index in [1.807, 2.05) is 0 Å². The first-order chi connectivity index (χ1) is 8.19. The Labute approximate surface area is 112 Å². The van der Waals surface area contributed by atoms with Gasteiger partial charge in [-0.25, -0.2) is 0 Å². The predicted molar refractivity (Wildman–Crippen MR) is 79.9 cm³/mol. The minimum absolute atomic E-state index is 0.230. The zero-order valence-corrected chi connectivity index (χ0v) is 13.4. The SMILES string of the molecule is CC(C)(C)[C@H]1COC(=C2C=CC=C2[Si](C)(C)C)N1. The van der Waals surface area contributed by atoms with Crippen molar-refractivity contribution in [2.24, 2.45) is 5.41 Å². The number of hydrogen-bond donors (Lipinski definition) is 1. The van der Waals surface area contributed by atoms with Crippen LogP contribution in [0.1, 0.15) is 20.8 Å². The molecule has 0 aromatic heterocycles. The lowest BCUT2D eigenvalue weighted by Gasteiger charge is -2.25. The van der Waals surface area contributed by atoms with Crippen LogP contribution in [0.25, 0.3) is 0 Å². The molecule has 0 aromatic rings. The van der Waals surface area contributed by atoms with E-state index in [9.17, 15) is 0 Å². The molecule has 0 saturated carbocycles. The molecule has 2 aliphatic rings. The molecule has 0 spiro atoms. The van der Waals surface area contributed by atoms with E-state index >= 15 is 0 Å². The third-order valence-corrected chi connectivity index (χ3v) is 5.67. The molecule has 100 valence electrons. The van der Waals surface area contributed by atoms with Crippen LogP contribution in [0.4, 0.5) is 0 Å². The highest BCUT2D eigenvalue weighted by molar-refractivity contribution is 6.84. The lowest BCUT2D eigenvalue weighted by molar-refractivity contribution is 0.214. The molecule has 0 bridgehead atoms. The Morgan fingerprint density at radius 1 is 1.28 bits per heavy atom. The molecular formula is C15H25NOSi. The molecule has 1 atom stereocenters. The molecule has 1 fully saturated rings. The van der Waals surface area contributed by atoms with Crippen LogP contribution in [0.3, 0.4) is 0 Å². The predicted octanol–water partition coefficient (Wildman–Crippen LogP) is 3.61. The lowest BCUT2D eigenvalue weighted by Crippen LogP contribution is -2.37. The van der Waals surface area contributed by atoms with Crippen molar-refractivity contribution in [2.75, 3.05) is 6.61 Å². The monoisotopic (exact) mass is 263 g/mol. The van der Waals surface area contributed by atoms with Gasteiger partial charge in [-0.3, -0.25) is 0 Å². The Morgan fingerprint density at radius 3 is 2.44 bits per heavy atom. The third-order valence-electron chi connectivity index (χ3n) is 3.61. The summed E-state index contributed by atoms with van der Waals surface area (Å²) in [6.45, 7) is 14.7. The van der Waals surface area contributed by atoms with E-state index in [0.29, 0.717) is 6.04 Å². The van der Waals surface area contributed by atoms with Gasteiger partial charge in [-0.05, 0) is 16.7 Å². The van der Waals surface area contributed by atoms with Crippen LogP contribution in [0.15, 0.2) is 34.9 Å². The number of nitrogens with one attached hydrogen (secondary N) is 1. The number of allylic oxidation sites excluding steroid dienone is 5. The first-order valence-electron chi connectivity index (χ1n) is 6.72. The highest BCUT2D eigenvalue weighted by Crippen LogP contribution is 2.33. The third kappa shape index (κ3) is 2.56. The Balaban J connectivity index is 2.25. The molecule has 0 amide bonds. The van der Waals surface area contributed by atoms with Crippen molar-refractivity contribution in [1.82, 2.24) is 5.32 Å². The second kappa shape index (κ2) is 4.30. The summed E-state index contributed by atoms with van der Waals surface area (Å²) in [5.41, 5.74) is 1.51. The average Bonchev–Trinajstić information content (AvgIpc) is 2.84. The van der Waals surface area contributed by atoms with Crippen LogP contribution in [0, 0.1) is 5.41 Å². The molecule has 1 N–H and O–H groups in total. The van der Waals surface area contributed by atoms with E-state index in [1.165, 1.54) is 10.8 Å². The normalized spacial score (nSPS) is 28.1. The van der Waals surface area contributed by atoms with Gasteiger partial charge in [0.05, 0.1) is 14.1 Å². The number of hydrogen-bond acceptors (Lipinski definition) is 2. The van der Waals surface area contributed by atoms with E-state index in [0.717, 1.165) is 12.5 Å². The van der Waals surface area contributed by atoms with E-state index in [2.05, 4.69) is 64.0 Å². The molecule has 18 heavy (non-hydrogen) atoms. The number of rotatable bonds is 1. The molecule has 1 saturated heterocycles. The minimum Gasteiger partial charge on any atom is -0.477 e. The summed E-state index contributed by atoms with van der Waals surface area (Å²) >= 11 is 0. The Hall–Kier alpha value is -0.963. The van der Waals surface area contributed by atoms with E-state index in [4.69, 9.17) is 4.74 Å². The zero-order chi connectivity index (χ0) is 13.6. The second-order valence-electron chi connectivity index (χ2n) is 7.31. The molecule has 3 heteroatoms. The van der Waals surface area contributed by atoms with Crippen LogP contribution in [0.5, 0.6) is 0 Å². The van der Waals surface area contributed by atoms with Crippen molar-refractivity contribution in [3.05, 3.63) is 34.9 Å².